The highest BCUT2D eigenvalue weighted by atomic mass is 16.5. The van der Waals surface area contributed by atoms with Crippen molar-refractivity contribution in [3.05, 3.63) is 59.7 Å². The molecule has 0 spiro atoms. The van der Waals surface area contributed by atoms with Gasteiger partial charge in [-0.3, -0.25) is 0 Å². The van der Waals surface area contributed by atoms with Crippen molar-refractivity contribution >= 4 is 5.97 Å². The van der Waals surface area contributed by atoms with Gasteiger partial charge >= 0.3 is 5.97 Å². The number of phenols is 1. The van der Waals surface area contributed by atoms with Crippen LogP contribution in [0.25, 0.3) is 0 Å². The average Bonchev–Trinajstić information content (AvgIpc) is 2.48. The second-order valence-electron chi connectivity index (χ2n) is 5.67. The molecule has 0 aliphatic rings. The summed E-state index contributed by atoms with van der Waals surface area (Å²) in [5.41, 5.74) is 1.46. The second-order valence-corrected chi connectivity index (χ2v) is 5.67. The molecule has 1 N–H and O–H groups in total. The zero-order valence-electron chi connectivity index (χ0n) is 12.6. The number of phenolic OH excluding ortho intramolecular Hbond substituents is 1. The minimum absolute atomic E-state index is 0.0776. The quantitative estimate of drug-likeness (QED) is 0.672. The largest absolute Gasteiger partial charge is 0.507 e. The van der Waals surface area contributed by atoms with Gasteiger partial charge in [-0.05, 0) is 41.7 Å². The first-order valence-corrected chi connectivity index (χ1v) is 7.05. The maximum Gasteiger partial charge on any atom is 0.347 e. The van der Waals surface area contributed by atoms with Crippen LogP contribution >= 0.6 is 0 Å². The average molecular weight is 284 g/mol. The van der Waals surface area contributed by atoms with Crippen molar-refractivity contribution in [1.82, 2.24) is 0 Å². The molecule has 0 bridgehead atoms. The third kappa shape index (κ3) is 3.43. The smallest absolute Gasteiger partial charge is 0.347 e. The zero-order chi connectivity index (χ0) is 15.5. The van der Waals surface area contributed by atoms with E-state index in [1.165, 1.54) is 17.7 Å². The van der Waals surface area contributed by atoms with Gasteiger partial charge in [-0.2, -0.15) is 0 Å². The van der Waals surface area contributed by atoms with E-state index in [1.54, 1.807) is 24.3 Å². The minimum Gasteiger partial charge on any atom is -0.507 e. The maximum atomic E-state index is 12.0. The number of hydrogen-bond acceptors (Lipinski definition) is 3. The molecule has 0 radical (unpaired) electrons. The highest BCUT2D eigenvalue weighted by molar-refractivity contribution is 5.93. The molecule has 110 valence electrons. The van der Waals surface area contributed by atoms with Crippen molar-refractivity contribution in [3.8, 4) is 11.5 Å². The van der Waals surface area contributed by atoms with Gasteiger partial charge in [-0.15, -0.1) is 0 Å². The van der Waals surface area contributed by atoms with Crippen molar-refractivity contribution in [1.29, 1.82) is 0 Å². The number of aromatic hydroxyl groups is 1. The van der Waals surface area contributed by atoms with Crippen LogP contribution in [0, 0.1) is 0 Å². The van der Waals surface area contributed by atoms with Crippen LogP contribution in [0.4, 0.5) is 0 Å². The third-order valence-electron chi connectivity index (χ3n) is 3.85. The number of hydrogen-bond donors (Lipinski definition) is 1. The molecule has 0 aromatic heterocycles. The number of esters is 1. The fraction of sp³-hybridized carbons (Fsp3) is 0.278. The normalized spacial score (nSPS) is 11.2. The lowest BCUT2D eigenvalue weighted by atomic mass is 9.82. The van der Waals surface area contributed by atoms with Crippen LogP contribution in [-0.4, -0.2) is 11.1 Å². The van der Waals surface area contributed by atoms with Crippen LogP contribution < -0.4 is 4.74 Å². The number of carbonyl (C=O) groups is 1. The van der Waals surface area contributed by atoms with Crippen LogP contribution in [0.5, 0.6) is 11.5 Å². The third-order valence-corrected chi connectivity index (χ3v) is 3.85. The first-order chi connectivity index (χ1) is 9.94. The number of rotatable bonds is 4. The fourth-order valence-electron chi connectivity index (χ4n) is 1.99. The van der Waals surface area contributed by atoms with Crippen LogP contribution in [0.2, 0.25) is 0 Å². The number of benzene rings is 2. The Balaban J connectivity index is 2.14. The standard InChI is InChI=1S/C18H20O3/c1-4-18(2,3)13-9-11-14(12-10-13)21-17(20)15-7-5-6-8-16(15)19/h5-12,19H,4H2,1-3H3. The zero-order valence-corrected chi connectivity index (χ0v) is 12.6. The molecule has 0 aliphatic heterocycles. The fourth-order valence-corrected chi connectivity index (χ4v) is 1.99. The Morgan fingerprint density at radius 2 is 1.71 bits per heavy atom. The molecule has 0 atom stereocenters. The van der Waals surface area contributed by atoms with Gasteiger partial charge in [0.25, 0.3) is 0 Å². The molecule has 0 fully saturated rings. The van der Waals surface area contributed by atoms with Crippen LogP contribution in [-0.2, 0) is 5.41 Å². The van der Waals surface area contributed by atoms with Crippen LogP contribution in [0.1, 0.15) is 43.1 Å². The molecule has 0 heterocycles. The van der Waals surface area contributed by atoms with E-state index in [0.717, 1.165) is 6.42 Å². The molecular weight excluding hydrogens is 264 g/mol. The Bertz CT molecular complexity index is 627. The predicted octanol–water partition coefficient (Wildman–Crippen LogP) is 4.30. The molecular formula is C18H20O3. The first kappa shape index (κ1) is 15.1. The molecule has 0 saturated carbocycles. The lowest BCUT2D eigenvalue weighted by molar-refractivity contribution is 0.0731. The summed E-state index contributed by atoms with van der Waals surface area (Å²) in [6.45, 7) is 6.50. The monoisotopic (exact) mass is 284 g/mol. The molecule has 2 aromatic rings. The summed E-state index contributed by atoms with van der Waals surface area (Å²) in [6.07, 6.45) is 1.03. The van der Waals surface area contributed by atoms with Gasteiger partial charge < -0.3 is 9.84 Å². The molecule has 0 unspecified atom stereocenters. The lowest BCUT2D eigenvalue weighted by Crippen LogP contribution is -2.15. The summed E-state index contributed by atoms with van der Waals surface area (Å²) in [6, 6.07) is 13.8. The van der Waals surface area contributed by atoms with Gasteiger partial charge in [-0.25, -0.2) is 4.79 Å². The highest BCUT2D eigenvalue weighted by Gasteiger charge is 2.18. The minimum atomic E-state index is -0.560. The van der Waals surface area contributed by atoms with Gasteiger partial charge in [0.15, 0.2) is 0 Å². The number of ether oxygens (including phenoxy) is 1. The molecule has 0 amide bonds. The predicted molar refractivity (Wildman–Crippen MR) is 82.8 cm³/mol. The summed E-state index contributed by atoms with van der Waals surface area (Å²) in [5, 5.41) is 9.64. The van der Waals surface area contributed by atoms with Crippen molar-refractivity contribution in [3.63, 3.8) is 0 Å². The Labute approximate surface area is 125 Å². The summed E-state index contributed by atoms with van der Waals surface area (Å²) in [5.74, 6) is -0.166. The van der Waals surface area contributed by atoms with Crippen molar-refractivity contribution in [2.24, 2.45) is 0 Å². The Morgan fingerprint density at radius 3 is 2.29 bits per heavy atom. The molecule has 2 aromatic carbocycles. The molecule has 0 saturated heterocycles. The summed E-state index contributed by atoms with van der Waals surface area (Å²) in [7, 11) is 0. The van der Waals surface area contributed by atoms with E-state index in [4.69, 9.17) is 4.74 Å². The highest BCUT2D eigenvalue weighted by Crippen LogP contribution is 2.28. The maximum absolute atomic E-state index is 12.0. The molecule has 2 rings (SSSR count). The second kappa shape index (κ2) is 6.00. The first-order valence-electron chi connectivity index (χ1n) is 7.05. The van der Waals surface area contributed by atoms with E-state index in [9.17, 15) is 9.90 Å². The van der Waals surface area contributed by atoms with Crippen LogP contribution in [0.3, 0.4) is 0 Å². The number of para-hydroxylation sites is 1. The van der Waals surface area contributed by atoms with Crippen molar-refractivity contribution < 1.29 is 14.6 Å². The Kier molecular flexibility index (Phi) is 4.32. The summed E-state index contributed by atoms with van der Waals surface area (Å²) < 4.78 is 5.28. The Hall–Kier alpha value is -2.29. The summed E-state index contributed by atoms with van der Waals surface area (Å²) in [4.78, 5) is 12.0. The van der Waals surface area contributed by atoms with Gasteiger partial charge in [0.05, 0.1) is 0 Å². The topological polar surface area (TPSA) is 46.5 Å². The van der Waals surface area contributed by atoms with E-state index in [-0.39, 0.29) is 16.7 Å². The van der Waals surface area contributed by atoms with Gasteiger partial charge in [0.2, 0.25) is 0 Å². The van der Waals surface area contributed by atoms with E-state index >= 15 is 0 Å². The Morgan fingerprint density at radius 1 is 1.10 bits per heavy atom. The van der Waals surface area contributed by atoms with Crippen LogP contribution in [0.15, 0.2) is 48.5 Å². The lowest BCUT2D eigenvalue weighted by Gasteiger charge is -2.23. The number of carbonyl (C=O) groups excluding carboxylic acids is 1. The SMILES string of the molecule is CCC(C)(C)c1ccc(OC(=O)c2ccccc2O)cc1. The van der Waals surface area contributed by atoms with Crippen molar-refractivity contribution in [2.75, 3.05) is 0 Å². The molecule has 3 heteroatoms. The van der Waals surface area contributed by atoms with E-state index in [2.05, 4.69) is 20.8 Å². The van der Waals surface area contributed by atoms with Gasteiger partial charge in [0.1, 0.15) is 17.1 Å². The molecule has 21 heavy (non-hydrogen) atoms. The molecule has 0 aliphatic carbocycles. The molecule has 3 nitrogen and oxygen atoms in total. The summed E-state index contributed by atoms with van der Waals surface area (Å²) >= 11 is 0. The van der Waals surface area contributed by atoms with E-state index < -0.39 is 5.97 Å². The van der Waals surface area contributed by atoms with E-state index in [1.807, 2.05) is 12.1 Å². The van der Waals surface area contributed by atoms with E-state index in [0.29, 0.717) is 5.75 Å². The van der Waals surface area contributed by atoms with Gasteiger partial charge in [-0.1, -0.05) is 45.0 Å². The van der Waals surface area contributed by atoms with Crippen molar-refractivity contribution in [2.45, 2.75) is 32.6 Å². The van der Waals surface area contributed by atoms with Gasteiger partial charge in [0, 0.05) is 0 Å².